The highest BCUT2D eigenvalue weighted by Gasteiger charge is 2.19. The number of hydrogen-bond donors (Lipinski definition) is 0. The Morgan fingerprint density at radius 3 is 1.75 bits per heavy atom. The molecular formula is C39H55N. The minimum atomic E-state index is 0.523. The first kappa shape index (κ1) is 36.4. The van der Waals surface area contributed by atoms with Crippen molar-refractivity contribution in [1.29, 1.82) is 0 Å². The van der Waals surface area contributed by atoms with Crippen molar-refractivity contribution < 1.29 is 0 Å². The Bertz CT molecular complexity index is 1180. The fraction of sp³-hybridized carbons (Fsp3) is 0.333. The summed E-state index contributed by atoms with van der Waals surface area (Å²) in [7, 11) is 2.19. The van der Waals surface area contributed by atoms with Crippen molar-refractivity contribution >= 4 is 11.3 Å². The average Bonchev–Trinajstić information content (AvgIpc) is 3.01. The van der Waals surface area contributed by atoms with Crippen molar-refractivity contribution in [2.45, 2.75) is 81.7 Å². The van der Waals surface area contributed by atoms with Crippen molar-refractivity contribution in [2.75, 3.05) is 7.05 Å². The van der Waals surface area contributed by atoms with E-state index in [1.54, 1.807) is 0 Å². The zero-order chi connectivity index (χ0) is 30.5. The van der Waals surface area contributed by atoms with Gasteiger partial charge >= 0.3 is 0 Å². The number of benzene rings is 3. The second-order valence-electron chi connectivity index (χ2n) is 9.31. The van der Waals surface area contributed by atoms with Gasteiger partial charge in [0.15, 0.2) is 0 Å². The van der Waals surface area contributed by atoms with E-state index in [2.05, 4.69) is 120 Å². The molecule has 0 aromatic heterocycles. The highest BCUT2D eigenvalue weighted by molar-refractivity contribution is 5.76. The van der Waals surface area contributed by atoms with Crippen LogP contribution >= 0.6 is 0 Å². The van der Waals surface area contributed by atoms with Crippen molar-refractivity contribution in [2.24, 2.45) is 0 Å². The van der Waals surface area contributed by atoms with Crippen molar-refractivity contribution in [1.82, 2.24) is 4.90 Å². The molecule has 1 heteroatoms. The van der Waals surface area contributed by atoms with E-state index in [0.29, 0.717) is 6.04 Å². The van der Waals surface area contributed by atoms with Crippen LogP contribution < -0.4 is 0 Å². The van der Waals surface area contributed by atoms with Gasteiger partial charge in [-0.1, -0.05) is 149 Å². The molecule has 1 unspecified atom stereocenters. The Kier molecular flexibility index (Phi) is 19.4. The second-order valence-corrected chi connectivity index (χ2v) is 9.31. The number of allylic oxidation sites excluding steroid dienone is 5. The van der Waals surface area contributed by atoms with Crippen molar-refractivity contribution in [3.63, 3.8) is 0 Å². The van der Waals surface area contributed by atoms with Crippen LogP contribution in [-0.4, -0.2) is 18.0 Å². The van der Waals surface area contributed by atoms with Gasteiger partial charge in [-0.2, -0.15) is 0 Å². The molecule has 216 valence electrons. The molecule has 0 amide bonds. The monoisotopic (exact) mass is 537 g/mol. The third kappa shape index (κ3) is 12.5. The molecule has 1 aliphatic rings. The van der Waals surface area contributed by atoms with Gasteiger partial charge in [-0.25, -0.2) is 0 Å². The number of aryl methyl sites for hydroxylation is 2. The molecule has 0 saturated heterocycles. The Labute approximate surface area is 247 Å². The van der Waals surface area contributed by atoms with E-state index >= 15 is 0 Å². The van der Waals surface area contributed by atoms with Crippen LogP contribution in [0.4, 0.5) is 0 Å². The van der Waals surface area contributed by atoms with Gasteiger partial charge in [0.2, 0.25) is 0 Å². The van der Waals surface area contributed by atoms with E-state index < -0.39 is 0 Å². The Hall–Kier alpha value is -3.58. The summed E-state index contributed by atoms with van der Waals surface area (Å²) in [5.74, 6) is 0. The first-order chi connectivity index (χ1) is 19.3. The third-order valence-electron chi connectivity index (χ3n) is 6.51. The summed E-state index contributed by atoms with van der Waals surface area (Å²) in [5, 5.41) is 0. The van der Waals surface area contributed by atoms with Gasteiger partial charge in [-0.05, 0) is 69.4 Å². The number of rotatable bonds is 4. The lowest BCUT2D eigenvalue weighted by Crippen LogP contribution is -2.30. The van der Waals surface area contributed by atoms with E-state index in [-0.39, 0.29) is 0 Å². The fourth-order valence-corrected chi connectivity index (χ4v) is 4.05. The van der Waals surface area contributed by atoms with Gasteiger partial charge in [-0.3, -0.25) is 0 Å². The predicted molar refractivity (Wildman–Crippen MR) is 184 cm³/mol. The summed E-state index contributed by atoms with van der Waals surface area (Å²) < 4.78 is 0. The van der Waals surface area contributed by atoms with Crippen LogP contribution in [0, 0.1) is 13.8 Å². The lowest BCUT2D eigenvalue weighted by Gasteiger charge is -2.33. The summed E-state index contributed by atoms with van der Waals surface area (Å²) in [6, 6.07) is 29.6. The Balaban J connectivity index is 0.000000576. The van der Waals surface area contributed by atoms with Gasteiger partial charge < -0.3 is 4.90 Å². The molecule has 0 spiro atoms. The summed E-state index contributed by atoms with van der Waals surface area (Å²) in [6.07, 6.45) is 7.86. The molecule has 0 radical (unpaired) electrons. The number of hydrogen-bond acceptors (Lipinski definition) is 1. The smallest absolute Gasteiger partial charge is 0.0472 e. The molecular weight excluding hydrogens is 482 g/mol. The van der Waals surface area contributed by atoms with Crippen LogP contribution in [-0.2, 0) is 0 Å². The van der Waals surface area contributed by atoms with E-state index in [1.807, 2.05) is 71.0 Å². The topological polar surface area (TPSA) is 3.24 Å². The molecule has 1 aliphatic heterocycles. The van der Waals surface area contributed by atoms with Gasteiger partial charge in [0.25, 0.3) is 0 Å². The zero-order valence-electron chi connectivity index (χ0n) is 27.3. The quantitative estimate of drug-likeness (QED) is 0.299. The zero-order valence-corrected chi connectivity index (χ0v) is 27.3. The molecule has 0 saturated carbocycles. The second kappa shape index (κ2) is 21.3. The molecule has 0 bridgehead atoms. The maximum atomic E-state index is 4.03. The van der Waals surface area contributed by atoms with Gasteiger partial charge in [0.05, 0.1) is 0 Å². The van der Waals surface area contributed by atoms with Gasteiger partial charge in [-0.15, -0.1) is 0 Å². The van der Waals surface area contributed by atoms with Crippen LogP contribution in [0.3, 0.4) is 0 Å². The van der Waals surface area contributed by atoms with Gasteiger partial charge in [0, 0.05) is 24.4 Å². The Morgan fingerprint density at radius 1 is 0.800 bits per heavy atom. The van der Waals surface area contributed by atoms with E-state index in [1.165, 1.54) is 39.1 Å². The molecule has 3 aromatic carbocycles. The largest absolute Gasteiger partial charge is 0.368 e. The molecule has 1 heterocycles. The summed E-state index contributed by atoms with van der Waals surface area (Å²) in [4.78, 5) is 2.38. The highest BCUT2D eigenvalue weighted by atomic mass is 15.1. The minimum Gasteiger partial charge on any atom is -0.368 e. The average molecular weight is 538 g/mol. The number of nitrogens with zero attached hydrogens (tertiary/aromatic N) is 1. The summed E-state index contributed by atoms with van der Waals surface area (Å²) in [5.41, 5.74) is 10.3. The maximum Gasteiger partial charge on any atom is 0.0472 e. The van der Waals surface area contributed by atoms with Gasteiger partial charge in [0.1, 0.15) is 0 Å². The van der Waals surface area contributed by atoms with E-state index in [9.17, 15) is 0 Å². The lowest BCUT2D eigenvalue weighted by molar-refractivity contribution is 0.389. The lowest BCUT2D eigenvalue weighted by atomic mass is 9.97. The van der Waals surface area contributed by atoms with Crippen LogP contribution in [0.25, 0.3) is 11.3 Å². The Morgan fingerprint density at radius 2 is 1.30 bits per heavy atom. The van der Waals surface area contributed by atoms with E-state index in [0.717, 1.165) is 12.0 Å². The summed E-state index contributed by atoms with van der Waals surface area (Å²) >= 11 is 0. The first-order valence-corrected chi connectivity index (χ1v) is 14.9. The van der Waals surface area contributed by atoms with Crippen LogP contribution in [0.2, 0.25) is 0 Å². The molecule has 3 aromatic rings. The molecule has 1 nitrogen and oxygen atoms in total. The fourth-order valence-electron chi connectivity index (χ4n) is 4.05. The molecule has 0 fully saturated rings. The third-order valence-corrected chi connectivity index (χ3v) is 6.51. The molecule has 40 heavy (non-hydrogen) atoms. The molecule has 0 aliphatic carbocycles. The normalized spacial score (nSPS) is 13.7. The van der Waals surface area contributed by atoms with Crippen LogP contribution in [0.5, 0.6) is 0 Å². The standard InChI is InChI=1S/C16H21N.C12H14.C7H8.2C2H6/c1-5-14-10-12(2)11-16(17(14)4)15-9-7-6-8-13(15)3;1-4-10(2)11(3)12-8-6-5-7-9-12;1-7-5-3-2-4-6-7;2*1-2/h6-11,14H,5H2,1-4H3;4-9H,3H2,1-2H3;2-6H,1H3;2*1-2H3/b;10-4-;;;. The summed E-state index contributed by atoms with van der Waals surface area (Å²) in [6.45, 7) is 24.8. The van der Waals surface area contributed by atoms with Crippen LogP contribution in [0.15, 0.2) is 121 Å². The molecule has 1 atom stereocenters. The minimum absolute atomic E-state index is 0.523. The van der Waals surface area contributed by atoms with Crippen molar-refractivity contribution in [3.8, 4) is 0 Å². The predicted octanol–water partition coefficient (Wildman–Crippen LogP) is 11.7. The van der Waals surface area contributed by atoms with Crippen molar-refractivity contribution in [3.05, 3.63) is 143 Å². The maximum absolute atomic E-state index is 4.03. The van der Waals surface area contributed by atoms with Crippen LogP contribution in [0.1, 0.15) is 84.1 Å². The molecule has 0 N–H and O–H groups in total. The van der Waals surface area contributed by atoms with E-state index in [4.69, 9.17) is 0 Å². The molecule has 4 rings (SSSR count). The first-order valence-electron chi connectivity index (χ1n) is 14.9. The SMILES string of the molecule is C=C(/C(C)=C\C)c1ccccc1.CC.CC.CCC1C=C(C)C=C(c2ccccc2C)N1C.Cc1ccccc1. The highest BCUT2D eigenvalue weighted by Crippen LogP contribution is 2.29. The number of likely N-dealkylation sites (N-methyl/N-ethyl adjacent to an activating group) is 1.